The van der Waals surface area contributed by atoms with Crippen molar-refractivity contribution in [2.24, 2.45) is 0 Å². The van der Waals surface area contributed by atoms with Crippen LogP contribution >= 0.6 is 0 Å². The maximum absolute atomic E-state index is 11.2. The Balaban J connectivity index is 3.89. The van der Waals surface area contributed by atoms with E-state index in [1.807, 2.05) is 0 Å². The third-order valence-electron chi connectivity index (χ3n) is 1.27. The fourth-order valence-electron chi connectivity index (χ4n) is 0.807. The molecule has 0 aromatic rings. The van der Waals surface area contributed by atoms with Crippen LogP contribution in [0.1, 0.15) is 27.7 Å². The number of ether oxygens (including phenoxy) is 1. The number of hydrogen-bond donors (Lipinski definition) is 2. The second-order valence-corrected chi connectivity index (χ2v) is 4.05. The molecule has 0 aliphatic rings. The molecule has 0 fully saturated rings. The van der Waals surface area contributed by atoms with Gasteiger partial charge in [0.15, 0.2) is 0 Å². The van der Waals surface area contributed by atoms with Crippen molar-refractivity contribution in [2.45, 2.75) is 39.3 Å². The lowest BCUT2D eigenvalue weighted by atomic mass is 10.2. The minimum absolute atomic E-state index is 0.0274. The summed E-state index contributed by atoms with van der Waals surface area (Å²) in [5.74, 6) is 0. The van der Waals surface area contributed by atoms with Gasteiger partial charge in [-0.05, 0) is 27.7 Å². The zero-order valence-corrected chi connectivity index (χ0v) is 9.20. The van der Waals surface area contributed by atoms with Crippen molar-refractivity contribution < 1.29 is 14.6 Å². The molecular formula is C10H19NO3. The highest BCUT2D eigenvalue weighted by molar-refractivity contribution is 5.68. The van der Waals surface area contributed by atoms with Gasteiger partial charge in [-0.25, -0.2) is 4.79 Å². The topological polar surface area (TPSA) is 58.6 Å². The van der Waals surface area contributed by atoms with Gasteiger partial charge in [0.1, 0.15) is 5.60 Å². The molecule has 0 aromatic carbocycles. The highest BCUT2D eigenvalue weighted by Crippen LogP contribution is 2.06. The third-order valence-corrected chi connectivity index (χ3v) is 1.27. The van der Waals surface area contributed by atoms with E-state index < -0.39 is 11.7 Å². The maximum Gasteiger partial charge on any atom is 0.408 e. The standard InChI is InChI=1S/C10H19NO3/c1-8(6-5-7-12)11-9(13)14-10(2,3)4/h5-6,8,12H,7H2,1-4H3,(H,11,13)/b6-5+/t8-/m0/s1. The molecule has 0 bridgehead atoms. The lowest BCUT2D eigenvalue weighted by Crippen LogP contribution is -2.36. The molecule has 4 heteroatoms. The summed E-state index contributed by atoms with van der Waals surface area (Å²) < 4.78 is 5.04. The molecule has 0 unspecified atom stereocenters. The average Bonchev–Trinajstić information content (AvgIpc) is 1.96. The monoisotopic (exact) mass is 201 g/mol. The summed E-state index contributed by atoms with van der Waals surface area (Å²) in [6.45, 7) is 7.19. The quantitative estimate of drug-likeness (QED) is 0.679. The Morgan fingerprint density at radius 2 is 2.14 bits per heavy atom. The molecule has 0 radical (unpaired) electrons. The number of aliphatic hydroxyl groups excluding tert-OH is 1. The van der Waals surface area contributed by atoms with Crippen molar-refractivity contribution in [1.82, 2.24) is 5.32 Å². The third kappa shape index (κ3) is 7.61. The van der Waals surface area contributed by atoms with Crippen LogP contribution in [0.25, 0.3) is 0 Å². The molecule has 0 saturated carbocycles. The van der Waals surface area contributed by atoms with Gasteiger partial charge in [0.05, 0.1) is 6.61 Å². The van der Waals surface area contributed by atoms with Crippen molar-refractivity contribution >= 4 is 6.09 Å². The van der Waals surface area contributed by atoms with E-state index in [1.165, 1.54) is 0 Å². The fourth-order valence-corrected chi connectivity index (χ4v) is 0.807. The Morgan fingerprint density at radius 1 is 1.57 bits per heavy atom. The van der Waals surface area contributed by atoms with E-state index in [2.05, 4.69) is 5.32 Å². The number of hydrogen-bond acceptors (Lipinski definition) is 3. The van der Waals surface area contributed by atoms with Crippen molar-refractivity contribution in [1.29, 1.82) is 0 Å². The van der Waals surface area contributed by atoms with E-state index >= 15 is 0 Å². The van der Waals surface area contributed by atoms with Crippen LogP contribution in [-0.4, -0.2) is 29.4 Å². The van der Waals surface area contributed by atoms with Gasteiger partial charge in [-0.3, -0.25) is 0 Å². The first-order valence-electron chi connectivity index (χ1n) is 4.62. The van der Waals surface area contributed by atoms with Crippen molar-refractivity contribution in [3.8, 4) is 0 Å². The summed E-state index contributed by atoms with van der Waals surface area (Å²) in [6, 6.07) is -0.142. The molecule has 4 nitrogen and oxygen atoms in total. The lowest BCUT2D eigenvalue weighted by Gasteiger charge is -2.20. The zero-order valence-electron chi connectivity index (χ0n) is 9.20. The van der Waals surface area contributed by atoms with E-state index in [4.69, 9.17) is 9.84 Å². The average molecular weight is 201 g/mol. The van der Waals surface area contributed by atoms with Crippen molar-refractivity contribution in [2.75, 3.05) is 6.61 Å². The van der Waals surface area contributed by atoms with Crippen LogP contribution < -0.4 is 5.32 Å². The molecule has 0 aliphatic heterocycles. The smallest absolute Gasteiger partial charge is 0.408 e. The van der Waals surface area contributed by atoms with Gasteiger partial charge >= 0.3 is 6.09 Å². The summed E-state index contributed by atoms with van der Waals surface area (Å²) in [5.41, 5.74) is -0.482. The van der Waals surface area contributed by atoms with Crippen LogP contribution in [0.2, 0.25) is 0 Å². The molecule has 14 heavy (non-hydrogen) atoms. The number of alkyl carbamates (subject to hydrolysis) is 1. The molecule has 0 rings (SSSR count). The highest BCUT2D eigenvalue weighted by atomic mass is 16.6. The van der Waals surface area contributed by atoms with Crippen LogP contribution in [0.15, 0.2) is 12.2 Å². The van der Waals surface area contributed by atoms with Gasteiger partial charge in [0.25, 0.3) is 0 Å². The van der Waals surface area contributed by atoms with Crippen LogP contribution in [0.5, 0.6) is 0 Å². The first-order chi connectivity index (χ1) is 6.35. The molecule has 82 valence electrons. The predicted molar refractivity (Wildman–Crippen MR) is 55.1 cm³/mol. The van der Waals surface area contributed by atoms with Gasteiger partial charge in [-0.15, -0.1) is 0 Å². The van der Waals surface area contributed by atoms with E-state index in [-0.39, 0.29) is 12.6 Å². The number of aliphatic hydroxyl groups is 1. The Hall–Kier alpha value is -1.03. The summed E-state index contributed by atoms with van der Waals surface area (Å²) >= 11 is 0. The van der Waals surface area contributed by atoms with Crippen molar-refractivity contribution in [3.05, 3.63) is 12.2 Å². The summed E-state index contributed by atoms with van der Waals surface area (Å²) in [5, 5.41) is 11.1. The molecule has 1 atom stereocenters. The second-order valence-electron chi connectivity index (χ2n) is 4.05. The minimum atomic E-state index is -0.482. The highest BCUT2D eigenvalue weighted by Gasteiger charge is 2.16. The van der Waals surface area contributed by atoms with Crippen LogP contribution in [0, 0.1) is 0 Å². The van der Waals surface area contributed by atoms with E-state index in [9.17, 15) is 4.79 Å². The lowest BCUT2D eigenvalue weighted by molar-refractivity contribution is 0.0518. The maximum atomic E-state index is 11.2. The van der Waals surface area contributed by atoms with Crippen LogP contribution in [0.4, 0.5) is 4.79 Å². The van der Waals surface area contributed by atoms with Crippen molar-refractivity contribution in [3.63, 3.8) is 0 Å². The Kier molecular flexibility index (Phi) is 5.23. The minimum Gasteiger partial charge on any atom is -0.444 e. The van der Waals surface area contributed by atoms with Crippen LogP contribution in [0.3, 0.4) is 0 Å². The zero-order chi connectivity index (χ0) is 11.2. The van der Waals surface area contributed by atoms with Crippen LogP contribution in [-0.2, 0) is 4.74 Å². The fraction of sp³-hybridized carbons (Fsp3) is 0.700. The molecule has 0 aliphatic carbocycles. The molecule has 0 spiro atoms. The number of amides is 1. The summed E-state index contributed by atoms with van der Waals surface area (Å²) in [4.78, 5) is 11.2. The molecule has 1 amide bonds. The van der Waals surface area contributed by atoms with E-state index in [0.29, 0.717) is 0 Å². The number of nitrogens with one attached hydrogen (secondary N) is 1. The Bertz CT molecular complexity index is 206. The predicted octanol–water partition coefficient (Wildman–Crippen LogP) is 1.45. The SMILES string of the molecule is C[C@@H](/C=C/CO)NC(=O)OC(C)(C)C. The second kappa shape index (κ2) is 5.65. The van der Waals surface area contributed by atoms with Gasteiger partial charge in [-0.2, -0.15) is 0 Å². The van der Waals surface area contributed by atoms with Gasteiger partial charge < -0.3 is 15.2 Å². The number of carbonyl (C=O) groups excluding carboxylic acids is 1. The van der Waals surface area contributed by atoms with Gasteiger partial charge in [0, 0.05) is 6.04 Å². The summed E-state index contributed by atoms with van der Waals surface area (Å²) in [6.07, 6.45) is 2.82. The first kappa shape index (κ1) is 13.0. The van der Waals surface area contributed by atoms with Gasteiger partial charge in [0.2, 0.25) is 0 Å². The molecular weight excluding hydrogens is 182 g/mol. The number of rotatable bonds is 3. The molecule has 0 heterocycles. The molecule has 0 aromatic heterocycles. The molecule has 0 saturated heterocycles. The summed E-state index contributed by atoms with van der Waals surface area (Å²) in [7, 11) is 0. The Labute approximate surface area is 85.0 Å². The van der Waals surface area contributed by atoms with E-state index in [0.717, 1.165) is 0 Å². The van der Waals surface area contributed by atoms with E-state index in [1.54, 1.807) is 39.8 Å². The molecule has 2 N–H and O–H groups in total. The largest absolute Gasteiger partial charge is 0.444 e. The first-order valence-corrected chi connectivity index (χ1v) is 4.62. The number of carbonyl (C=O) groups is 1. The normalized spacial score (nSPS) is 14.1. The van der Waals surface area contributed by atoms with Gasteiger partial charge in [-0.1, -0.05) is 12.2 Å². The Morgan fingerprint density at radius 3 is 2.57 bits per heavy atom.